The summed E-state index contributed by atoms with van der Waals surface area (Å²) in [5, 5.41) is 13.0. The Labute approximate surface area is 169 Å². The first-order valence-corrected chi connectivity index (χ1v) is 9.36. The molecule has 0 N–H and O–H groups in total. The number of amides is 1. The number of hydrogen-bond donors (Lipinski definition) is 0. The van der Waals surface area contributed by atoms with Crippen molar-refractivity contribution >= 4 is 28.1 Å². The summed E-state index contributed by atoms with van der Waals surface area (Å²) in [4.78, 5) is 28.8. The van der Waals surface area contributed by atoms with Gasteiger partial charge in [-0.05, 0) is 24.3 Å². The average molecular weight is 413 g/mol. The molecule has 0 bridgehead atoms. The normalized spacial score (nSPS) is 10.4. The van der Waals surface area contributed by atoms with Gasteiger partial charge in [-0.3, -0.25) is 19.8 Å². The summed E-state index contributed by atoms with van der Waals surface area (Å²) in [6, 6.07) is 11.5. The number of rotatable bonds is 8. The molecule has 148 valence electrons. The first-order valence-electron chi connectivity index (χ1n) is 8.48. The summed E-state index contributed by atoms with van der Waals surface area (Å²) >= 11 is 1.25. The van der Waals surface area contributed by atoms with Crippen LogP contribution in [0, 0.1) is 15.9 Å². The summed E-state index contributed by atoms with van der Waals surface area (Å²) in [7, 11) is 0. The van der Waals surface area contributed by atoms with Gasteiger partial charge in [0.1, 0.15) is 11.6 Å². The number of benzene rings is 2. The number of carbonyl (C=O) groups excluding carboxylic acids is 1. The van der Waals surface area contributed by atoms with Crippen molar-refractivity contribution in [2.45, 2.75) is 0 Å². The van der Waals surface area contributed by atoms with E-state index >= 15 is 0 Å². The Hall–Kier alpha value is -3.59. The highest BCUT2D eigenvalue weighted by atomic mass is 32.1. The van der Waals surface area contributed by atoms with Gasteiger partial charge in [-0.1, -0.05) is 12.1 Å². The number of hydrogen-bond acceptors (Lipinski definition) is 6. The van der Waals surface area contributed by atoms with Crippen LogP contribution in [0.5, 0.6) is 5.75 Å². The van der Waals surface area contributed by atoms with Gasteiger partial charge in [0.05, 0.1) is 10.6 Å². The summed E-state index contributed by atoms with van der Waals surface area (Å²) in [6.45, 7) is 3.59. The third kappa shape index (κ3) is 5.02. The highest BCUT2D eigenvalue weighted by Crippen LogP contribution is 2.29. The predicted molar refractivity (Wildman–Crippen MR) is 109 cm³/mol. The molecule has 3 aromatic rings. The number of non-ortho nitro benzene ring substituents is 1. The molecule has 7 nitrogen and oxygen atoms in total. The van der Waals surface area contributed by atoms with Crippen LogP contribution >= 0.6 is 11.3 Å². The van der Waals surface area contributed by atoms with E-state index in [1.54, 1.807) is 29.7 Å². The van der Waals surface area contributed by atoms with Gasteiger partial charge in [0.2, 0.25) is 0 Å². The molecule has 0 fully saturated rings. The zero-order valence-corrected chi connectivity index (χ0v) is 16.0. The minimum Gasteiger partial charge on any atom is -0.484 e. The van der Waals surface area contributed by atoms with Gasteiger partial charge in [-0.25, -0.2) is 9.37 Å². The molecule has 0 saturated carbocycles. The maximum absolute atomic E-state index is 13.2. The van der Waals surface area contributed by atoms with Gasteiger partial charge in [-0.2, -0.15) is 0 Å². The Morgan fingerprint density at radius 1 is 1.31 bits per heavy atom. The minimum absolute atomic E-state index is 0.0119. The van der Waals surface area contributed by atoms with Gasteiger partial charge < -0.3 is 4.74 Å². The highest BCUT2D eigenvalue weighted by molar-refractivity contribution is 7.14. The lowest BCUT2D eigenvalue weighted by atomic mass is 10.1. The fraction of sp³-hybridized carbons (Fsp3) is 0.100. The summed E-state index contributed by atoms with van der Waals surface area (Å²) in [6.07, 6.45) is 1.56. The Bertz CT molecular complexity index is 1040. The molecule has 2 aromatic carbocycles. The standard InChI is InChI=1S/C20H16FN3O4S/c1-2-10-23(19(25)12-28-17-5-3-4-15(21)11-17)20-22-18(13-29-20)14-6-8-16(9-7-14)24(26)27/h2-9,11,13H,1,10,12H2. The molecule has 0 unspecified atom stereocenters. The van der Waals surface area contributed by atoms with Crippen molar-refractivity contribution in [1.82, 2.24) is 4.98 Å². The SMILES string of the molecule is C=CCN(C(=O)COc1cccc(F)c1)c1nc(-c2ccc([N+](=O)[O-])cc2)cs1. The smallest absolute Gasteiger partial charge is 0.269 e. The fourth-order valence-corrected chi connectivity index (χ4v) is 3.33. The van der Waals surface area contributed by atoms with Crippen LogP contribution in [0.4, 0.5) is 15.2 Å². The Morgan fingerprint density at radius 2 is 2.07 bits per heavy atom. The molecule has 29 heavy (non-hydrogen) atoms. The molecule has 1 aromatic heterocycles. The third-order valence-corrected chi connectivity index (χ3v) is 4.73. The minimum atomic E-state index is -0.473. The van der Waals surface area contributed by atoms with Gasteiger partial charge in [0.15, 0.2) is 11.7 Å². The molecule has 0 radical (unpaired) electrons. The van der Waals surface area contributed by atoms with E-state index in [-0.39, 0.29) is 30.5 Å². The number of carbonyl (C=O) groups is 1. The van der Waals surface area contributed by atoms with Crippen molar-refractivity contribution in [2.75, 3.05) is 18.1 Å². The second-order valence-corrected chi connectivity index (χ2v) is 6.69. The molecule has 0 spiro atoms. The summed E-state index contributed by atoms with van der Waals surface area (Å²) in [5.41, 5.74) is 1.27. The number of anilines is 1. The second kappa shape index (κ2) is 9.07. The van der Waals surface area contributed by atoms with Crippen molar-refractivity contribution in [3.8, 4) is 17.0 Å². The van der Waals surface area contributed by atoms with Gasteiger partial charge in [-0.15, -0.1) is 17.9 Å². The third-order valence-electron chi connectivity index (χ3n) is 3.87. The van der Waals surface area contributed by atoms with E-state index in [1.807, 2.05) is 0 Å². The van der Waals surface area contributed by atoms with E-state index in [2.05, 4.69) is 11.6 Å². The first kappa shape index (κ1) is 20.2. The van der Waals surface area contributed by atoms with Crippen molar-refractivity contribution in [3.63, 3.8) is 0 Å². The number of ether oxygens (including phenoxy) is 1. The lowest BCUT2D eigenvalue weighted by Gasteiger charge is -2.18. The fourth-order valence-electron chi connectivity index (χ4n) is 2.47. The monoisotopic (exact) mass is 413 g/mol. The summed E-state index contributed by atoms with van der Waals surface area (Å²) in [5.74, 6) is -0.563. The van der Waals surface area contributed by atoms with Crippen molar-refractivity contribution < 1.29 is 18.8 Å². The number of nitrogens with zero attached hydrogens (tertiary/aromatic N) is 3. The van der Waals surface area contributed by atoms with Crippen molar-refractivity contribution in [2.24, 2.45) is 0 Å². The predicted octanol–water partition coefficient (Wildman–Crippen LogP) is 4.46. The molecular formula is C20H16FN3O4S. The Balaban J connectivity index is 1.74. The molecule has 1 amide bonds. The van der Waals surface area contributed by atoms with E-state index < -0.39 is 10.7 Å². The van der Waals surface area contributed by atoms with Gasteiger partial charge >= 0.3 is 0 Å². The van der Waals surface area contributed by atoms with Crippen LogP contribution in [0.3, 0.4) is 0 Å². The van der Waals surface area contributed by atoms with Crippen molar-refractivity contribution in [1.29, 1.82) is 0 Å². The van der Waals surface area contributed by atoms with Crippen LogP contribution in [0.25, 0.3) is 11.3 Å². The number of halogens is 1. The van der Waals surface area contributed by atoms with E-state index in [4.69, 9.17) is 4.74 Å². The van der Waals surface area contributed by atoms with Gasteiger partial charge in [0, 0.05) is 35.7 Å². The van der Waals surface area contributed by atoms with E-state index in [9.17, 15) is 19.3 Å². The zero-order chi connectivity index (χ0) is 20.8. The maximum Gasteiger partial charge on any atom is 0.269 e. The number of aromatic nitrogens is 1. The van der Waals surface area contributed by atoms with E-state index in [1.165, 1.54) is 46.6 Å². The lowest BCUT2D eigenvalue weighted by molar-refractivity contribution is -0.384. The van der Waals surface area contributed by atoms with Crippen LogP contribution in [0.2, 0.25) is 0 Å². The number of nitro groups is 1. The molecule has 0 aliphatic heterocycles. The van der Waals surface area contributed by atoms with Gasteiger partial charge in [0.25, 0.3) is 11.6 Å². The molecule has 1 heterocycles. The average Bonchev–Trinajstić information content (AvgIpc) is 3.20. The molecule has 0 atom stereocenters. The van der Waals surface area contributed by atoms with E-state index in [0.29, 0.717) is 16.4 Å². The number of nitro benzene ring substituents is 1. The topological polar surface area (TPSA) is 85.6 Å². The van der Waals surface area contributed by atoms with Crippen LogP contribution in [-0.4, -0.2) is 29.0 Å². The molecule has 0 aliphatic rings. The molecule has 0 saturated heterocycles. The quantitative estimate of drug-likeness (QED) is 0.309. The first-order chi connectivity index (χ1) is 14.0. The largest absolute Gasteiger partial charge is 0.484 e. The Kier molecular flexibility index (Phi) is 6.30. The number of thiazole rings is 1. The summed E-state index contributed by atoms with van der Waals surface area (Å²) < 4.78 is 18.6. The van der Waals surface area contributed by atoms with Crippen molar-refractivity contribution in [3.05, 3.63) is 82.5 Å². The molecule has 0 aliphatic carbocycles. The van der Waals surface area contributed by atoms with Crippen LogP contribution in [0.15, 0.2) is 66.6 Å². The van der Waals surface area contributed by atoms with E-state index in [0.717, 1.165) is 0 Å². The maximum atomic E-state index is 13.2. The highest BCUT2D eigenvalue weighted by Gasteiger charge is 2.19. The Morgan fingerprint density at radius 3 is 2.72 bits per heavy atom. The second-order valence-electron chi connectivity index (χ2n) is 5.86. The molecule has 3 rings (SSSR count). The zero-order valence-electron chi connectivity index (χ0n) is 15.2. The lowest BCUT2D eigenvalue weighted by Crippen LogP contribution is -2.35. The van der Waals surface area contributed by atoms with Crippen LogP contribution in [-0.2, 0) is 4.79 Å². The molecular weight excluding hydrogens is 397 g/mol. The molecule has 9 heteroatoms. The van der Waals surface area contributed by atoms with Crippen LogP contribution in [0.1, 0.15) is 0 Å². The van der Waals surface area contributed by atoms with Crippen LogP contribution < -0.4 is 9.64 Å².